The molecule has 0 bridgehead atoms. The molecule has 1 fully saturated rings. The Bertz CT molecular complexity index is 573. The highest BCUT2D eigenvalue weighted by molar-refractivity contribution is 7.10. The predicted molar refractivity (Wildman–Crippen MR) is 88.0 cm³/mol. The van der Waals surface area contributed by atoms with Gasteiger partial charge in [-0.2, -0.15) is 0 Å². The molecule has 3 rings (SSSR count). The van der Waals surface area contributed by atoms with E-state index in [0.29, 0.717) is 0 Å². The molecule has 0 saturated carbocycles. The van der Waals surface area contributed by atoms with Crippen LogP contribution in [0.5, 0.6) is 0 Å². The molecule has 4 heteroatoms. The molecule has 1 aromatic carbocycles. The van der Waals surface area contributed by atoms with E-state index in [1.54, 1.807) is 0 Å². The molecular formula is C16H19ClN2S. The largest absolute Gasteiger partial charge is 0.369 e. The van der Waals surface area contributed by atoms with Crippen molar-refractivity contribution in [2.45, 2.75) is 13.5 Å². The molecule has 0 unspecified atom stereocenters. The lowest BCUT2D eigenvalue weighted by atomic mass is 10.2. The Hall–Kier alpha value is -1.03. The summed E-state index contributed by atoms with van der Waals surface area (Å²) >= 11 is 7.91. The van der Waals surface area contributed by atoms with E-state index in [2.05, 4.69) is 40.3 Å². The first kappa shape index (κ1) is 13.9. The fraction of sp³-hybridized carbons (Fsp3) is 0.375. The van der Waals surface area contributed by atoms with E-state index < -0.39 is 0 Å². The molecule has 2 nitrogen and oxygen atoms in total. The summed E-state index contributed by atoms with van der Waals surface area (Å²) in [7, 11) is 0. The minimum atomic E-state index is 0.818. The molecule has 1 aliphatic rings. The second-order valence-electron chi connectivity index (χ2n) is 5.31. The Morgan fingerprint density at radius 3 is 2.60 bits per heavy atom. The van der Waals surface area contributed by atoms with E-state index >= 15 is 0 Å². The van der Waals surface area contributed by atoms with Crippen LogP contribution in [-0.2, 0) is 6.54 Å². The van der Waals surface area contributed by atoms with Crippen LogP contribution in [0.2, 0.25) is 5.02 Å². The Morgan fingerprint density at radius 2 is 1.95 bits per heavy atom. The average Bonchev–Trinajstić information content (AvgIpc) is 2.85. The maximum absolute atomic E-state index is 6.07. The van der Waals surface area contributed by atoms with Crippen molar-refractivity contribution in [2.24, 2.45) is 0 Å². The maximum atomic E-state index is 6.07. The van der Waals surface area contributed by atoms with Gasteiger partial charge in [0, 0.05) is 48.3 Å². The van der Waals surface area contributed by atoms with Crippen molar-refractivity contribution in [3.63, 3.8) is 0 Å². The van der Waals surface area contributed by atoms with Gasteiger partial charge in [0.1, 0.15) is 0 Å². The van der Waals surface area contributed by atoms with Crippen LogP contribution in [0.3, 0.4) is 0 Å². The normalized spacial score (nSPS) is 16.6. The Balaban J connectivity index is 1.57. The van der Waals surface area contributed by atoms with E-state index in [9.17, 15) is 0 Å². The van der Waals surface area contributed by atoms with Crippen molar-refractivity contribution >= 4 is 28.6 Å². The molecule has 2 heterocycles. The summed E-state index contributed by atoms with van der Waals surface area (Å²) in [5.41, 5.74) is 2.69. The quantitative estimate of drug-likeness (QED) is 0.844. The lowest BCUT2D eigenvalue weighted by Crippen LogP contribution is -2.45. The van der Waals surface area contributed by atoms with Gasteiger partial charge >= 0.3 is 0 Å². The number of piperazine rings is 1. The van der Waals surface area contributed by atoms with Gasteiger partial charge in [-0.15, -0.1) is 11.3 Å². The summed E-state index contributed by atoms with van der Waals surface area (Å²) in [6.45, 7) is 7.62. The van der Waals surface area contributed by atoms with Crippen LogP contribution in [0.15, 0.2) is 35.7 Å². The van der Waals surface area contributed by atoms with Crippen LogP contribution in [0.4, 0.5) is 5.69 Å². The first-order valence-corrected chi connectivity index (χ1v) is 8.23. The molecule has 106 valence electrons. The average molecular weight is 307 g/mol. The molecule has 0 N–H and O–H groups in total. The number of anilines is 1. The topological polar surface area (TPSA) is 6.48 Å². The summed E-state index contributed by atoms with van der Waals surface area (Å²) in [5.74, 6) is 0. The molecule has 0 aliphatic carbocycles. The Morgan fingerprint density at radius 1 is 1.15 bits per heavy atom. The number of hydrogen-bond acceptors (Lipinski definition) is 3. The van der Waals surface area contributed by atoms with Gasteiger partial charge in [0.2, 0.25) is 0 Å². The smallest absolute Gasteiger partial charge is 0.0426 e. The highest BCUT2D eigenvalue weighted by atomic mass is 35.5. The number of thiophene rings is 1. The predicted octanol–water partition coefficient (Wildman–Crippen LogP) is 4.03. The van der Waals surface area contributed by atoms with Gasteiger partial charge in [0.25, 0.3) is 0 Å². The lowest BCUT2D eigenvalue weighted by Gasteiger charge is -2.36. The number of halogens is 1. The second-order valence-corrected chi connectivity index (χ2v) is 6.86. The van der Waals surface area contributed by atoms with Gasteiger partial charge in [-0.05, 0) is 42.1 Å². The van der Waals surface area contributed by atoms with Crippen molar-refractivity contribution in [3.8, 4) is 0 Å². The first-order chi connectivity index (χ1) is 9.70. The molecule has 0 amide bonds. The van der Waals surface area contributed by atoms with E-state index in [0.717, 1.165) is 37.7 Å². The molecule has 1 aromatic heterocycles. The van der Waals surface area contributed by atoms with Crippen molar-refractivity contribution in [1.82, 2.24) is 4.90 Å². The molecule has 1 aliphatic heterocycles. The number of benzene rings is 1. The third kappa shape index (κ3) is 3.35. The summed E-state index contributed by atoms with van der Waals surface area (Å²) < 4.78 is 0. The Labute approximate surface area is 129 Å². The van der Waals surface area contributed by atoms with Crippen molar-refractivity contribution in [2.75, 3.05) is 31.1 Å². The van der Waals surface area contributed by atoms with Crippen molar-refractivity contribution in [3.05, 3.63) is 51.2 Å². The van der Waals surface area contributed by atoms with E-state index in [4.69, 9.17) is 11.6 Å². The van der Waals surface area contributed by atoms with Crippen molar-refractivity contribution in [1.29, 1.82) is 0 Å². The summed E-state index contributed by atoms with van der Waals surface area (Å²) in [5, 5.41) is 3.09. The van der Waals surface area contributed by atoms with E-state index in [-0.39, 0.29) is 0 Å². The van der Waals surface area contributed by atoms with Gasteiger partial charge in [0.15, 0.2) is 0 Å². The summed E-state index contributed by atoms with van der Waals surface area (Å²) in [6.07, 6.45) is 0. The summed E-state index contributed by atoms with van der Waals surface area (Å²) in [6, 6.07) is 10.5. The second kappa shape index (κ2) is 6.17. The standard InChI is InChI=1S/C16H19ClN2S/c1-13-9-14(12-20-13)11-18-5-7-19(8-6-18)16-4-2-3-15(17)10-16/h2-4,9-10,12H,5-8,11H2,1H3. The highest BCUT2D eigenvalue weighted by Crippen LogP contribution is 2.22. The number of hydrogen-bond donors (Lipinski definition) is 0. The van der Waals surface area contributed by atoms with Gasteiger partial charge < -0.3 is 4.90 Å². The summed E-state index contributed by atoms with van der Waals surface area (Å²) in [4.78, 5) is 6.35. The lowest BCUT2D eigenvalue weighted by molar-refractivity contribution is 0.250. The third-order valence-corrected chi connectivity index (χ3v) is 4.88. The Kier molecular flexibility index (Phi) is 4.29. The minimum absolute atomic E-state index is 0.818. The zero-order valence-electron chi connectivity index (χ0n) is 11.7. The number of aryl methyl sites for hydroxylation is 1. The van der Waals surface area contributed by atoms with Crippen LogP contribution < -0.4 is 4.90 Å². The molecular weight excluding hydrogens is 288 g/mol. The fourth-order valence-corrected chi connectivity index (χ4v) is 3.56. The molecule has 0 atom stereocenters. The van der Waals surface area contributed by atoms with Gasteiger partial charge in [-0.25, -0.2) is 0 Å². The number of rotatable bonds is 3. The third-order valence-electron chi connectivity index (χ3n) is 3.74. The van der Waals surface area contributed by atoms with Gasteiger partial charge in [-0.1, -0.05) is 17.7 Å². The zero-order valence-corrected chi connectivity index (χ0v) is 13.3. The van der Waals surface area contributed by atoms with Crippen LogP contribution >= 0.6 is 22.9 Å². The van der Waals surface area contributed by atoms with Crippen LogP contribution in [-0.4, -0.2) is 31.1 Å². The minimum Gasteiger partial charge on any atom is -0.369 e. The molecule has 2 aromatic rings. The molecule has 1 saturated heterocycles. The maximum Gasteiger partial charge on any atom is 0.0426 e. The van der Waals surface area contributed by atoms with Crippen LogP contribution in [0, 0.1) is 6.92 Å². The fourth-order valence-electron chi connectivity index (χ4n) is 2.68. The SMILES string of the molecule is Cc1cc(CN2CCN(c3cccc(Cl)c3)CC2)cs1. The van der Waals surface area contributed by atoms with Crippen molar-refractivity contribution < 1.29 is 0 Å². The molecule has 0 radical (unpaired) electrons. The highest BCUT2D eigenvalue weighted by Gasteiger charge is 2.17. The first-order valence-electron chi connectivity index (χ1n) is 6.97. The number of nitrogens with zero attached hydrogens (tertiary/aromatic N) is 2. The zero-order chi connectivity index (χ0) is 13.9. The van der Waals surface area contributed by atoms with Gasteiger partial charge in [0.05, 0.1) is 0 Å². The monoisotopic (exact) mass is 306 g/mol. The van der Waals surface area contributed by atoms with Crippen LogP contribution in [0.1, 0.15) is 10.4 Å². The van der Waals surface area contributed by atoms with E-state index in [1.165, 1.54) is 16.1 Å². The molecule has 0 spiro atoms. The van der Waals surface area contributed by atoms with E-state index in [1.807, 2.05) is 23.5 Å². The van der Waals surface area contributed by atoms with Gasteiger partial charge in [-0.3, -0.25) is 4.90 Å². The van der Waals surface area contributed by atoms with Crippen LogP contribution in [0.25, 0.3) is 0 Å². The molecule has 20 heavy (non-hydrogen) atoms.